The summed E-state index contributed by atoms with van der Waals surface area (Å²) in [4.78, 5) is 17.7. The molecule has 2 rings (SSSR count). The van der Waals surface area contributed by atoms with E-state index in [1.807, 2.05) is 0 Å². The quantitative estimate of drug-likeness (QED) is 0.693. The number of hydrogen-bond acceptors (Lipinski definition) is 6. The Balaban J connectivity index is 2.09. The van der Waals surface area contributed by atoms with E-state index < -0.39 is 0 Å². The second-order valence-electron chi connectivity index (χ2n) is 7.75. The standard InChI is InChI=1S/C21H35N3O4/c1-15(2)11-17(24-9-7-23(3)8-10-24)14-22-21(25)16-12-18(26-4)20(28-6)19(13-16)27-5/h12-13,15,17H,7-11,14H2,1-6H3,(H,22,25). The van der Waals surface area contributed by atoms with Crippen LogP contribution in [0.25, 0.3) is 0 Å². The van der Waals surface area contributed by atoms with Crippen LogP contribution in [0, 0.1) is 5.92 Å². The first-order valence-corrected chi connectivity index (χ1v) is 9.90. The average molecular weight is 394 g/mol. The molecule has 1 fully saturated rings. The molecule has 7 heteroatoms. The Kier molecular flexibility index (Phi) is 8.38. The van der Waals surface area contributed by atoms with Gasteiger partial charge in [0, 0.05) is 44.3 Å². The summed E-state index contributed by atoms with van der Waals surface area (Å²) in [6, 6.07) is 3.70. The molecular formula is C21H35N3O4. The van der Waals surface area contributed by atoms with Crippen LogP contribution in [0.15, 0.2) is 12.1 Å². The van der Waals surface area contributed by atoms with Crippen LogP contribution in [0.5, 0.6) is 17.2 Å². The van der Waals surface area contributed by atoms with E-state index in [0.29, 0.717) is 41.3 Å². The minimum atomic E-state index is -0.137. The van der Waals surface area contributed by atoms with Crippen LogP contribution in [0.2, 0.25) is 0 Å². The molecule has 0 bridgehead atoms. The summed E-state index contributed by atoms with van der Waals surface area (Å²) < 4.78 is 16.0. The van der Waals surface area contributed by atoms with E-state index in [1.165, 1.54) is 0 Å². The molecule has 7 nitrogen and oxygen atoms in total. The van der Waals surface area contributed by atoms with Gasteiger partial charge in [0.25, 0.3) is 5.91 Å². The number of likely N-dealkylation sites (N-methyl/N-ethyl adjacent to an activating group) is 1. The topological polar surface area (TPSA) is 63.3 Å². The van der Waals surface area contributed by atoms with Crippen LogP contribution in [-0.4, -0.2) is 82.8 Å². The van der Waals surface area contributed by atoms with Crippen molar-refractivity contribution in [1.29, 1.82) is 0 Å². The highest BCUT2D eigenvalue weighted by atomic mass is 16.5. The number of hydrogen-bond donors (Lipinski definition) is 1. The van der Waals surface area contributed by atoms with Crippen LogP contribution in [0.3, 0.4) is 0 Å². The molecular weight excluding hydrogens is 358 g/mol. The molecule has 1 aliphatic heterocycles. The molecule has 1 saturated heterocycles. The molecule has 1 heterocycles. The van der Waals surface area contributed by atoms with Gasteiger partial charge in [-0.2, -0.15) is 0 Å². The number of benzene rings is 1. The van der Waals surface area contributed by atoms with Gasteiger partial charge in [0.05, 0.1) is 21.3 Å². The third-order valence-electron chi connectivity index (χ3n) is 5.22. The fourth-order valence-corrected chi connectivity index (χ4v) is 3.62. The number of ether oxygens (including phenoxy) is 3. The van der Waals surface area contributed by atoms with Crippen molar-refractivity contribution in [1.82, 2.24) is 15.1 Å². The highest BCUT2D eigenvalue weighted by Gasteiger charge is 2.24. The Morgan fingerprint density at radius 1 is 1.04 bits per heavy atom. The molecule has 1 aliphatic rings. The van der Waals surface area contributed by atoms with Crippen LogP contribution < -0.4 is 19.5 Å². The fraction of sp³-hybridized carbons (Fsp3) is 0.667. The molecule has 1 unspecified atom stereocenters. The number of carbonyl (C=O) groups is 1. The van der Waals surface area contributed by atoms with E-state index >= 15 is 0 Å². The van der Waals surface area contributed by atoms with Gasteiger partial charge in [0.15, 0.2) is 11.5 Å². The van der Waals surface area contributed by atoms with Crippen LogP contribution in [0.1, 0.15) is 30.6 Å². The Bertz CT molecular complexity index is 618. The van der Waals surface area contributed by atoms with Gasteiger partial charge in [-0.25, -0.2) is 0 Å². The van der Waals surface area contributed by atoms with Crippen LogP contribution >= 0.6 is 0 Å². The van der Waals surface area contributed by atoms with Crippen molar-refractivity contribution in [3.05, 3.63) is 17.7 Å². The lowest BCUT2D eigenvalue weighted by molar-refractivity contribution is 0.0850. The lowest BCUT2D eigenvalue weighted by Gasteiger charge is -2.38. The van der Waals surface area contributed by atoms with Crippen molar-refractivity contribution < 1.29 is 19.0 Å². The van der Waals surface area contributed by atoms with Gasteiger partial charge < -0.3 is 24.4 Å². The summed E-state index contributed by atoms with van der Waals surface area (Å²) in [6.45, 7) is 9.28. The Morgan fingerprint density at radius 3 is 2.07 bits per heavy atom. The van der Waals surface area contributed by atoms with E-state index in [2.05, 4.69) is 36.0 Å². The van der Waals surface area contributed by atoms with E-state index in [0.717, 1.165) is 32.6 Å². The molecule has 1 aromatic carbocycles. The van der Waals surface area contributed by atoms with Gasteiger partial charge in [-0.05, 0) is 31.5 Å². The van der Waals surface area contributed by atoms with Crippen molar-refractivity contribution in [3.8, 4) is 17.2 Å². The number of rotatable bonds is 9. The lowest BCUT2D eigenvalue weighted by Crippen LogP contribution is -2.52. The van der Waals surface area contributed by atoms with E-state index in [4.69, 9.17) is 14.2 Å². The SMILES string of the molecule is COc1cc(C(=O)NCC(CC(C)C)N2CCN(C)CC2)cc(OC)c1OC. The van der Waals surface area contributed by atoms with Crippen molar-refractivity contribution in [3.63, 3.8) is 0 Å². The molecule has 0 aromatic heterocycles. The molecule has 1 atom stereocenters. The van der Waals surface area contributed by atoms with Crippen molar-refractivity contribution >= 4 is 5.91 Å². The summed E-state index contributed by atoms with van der Waals surface area (Å²) in [5, 5.41) is 3.11. The summed E-state index contributed by atoms with van der Waals surface area (Å²) in [5.41, 5.74) is 0.496. The predicted octanol–water partition coefficient (Wildman–Crippen LogP) is 2.10. The predicted molar refractivity (Wildman–Crippen MR) is 111 cm³/mol. The smallest absolute Gasteiger partial charge is 0.251 e. The number of nitrogens with one attached hydrogen (secondary N) is 1. The van der Waals surface area contributed by atoms with E-state index in [1.54, 1.807) is 33.5 Å². The molecule has 28 heavy (non-hydrogen) atoms. The van der Waals surface area contributed by atoms with Crippen molar-refractivity contribution in [2.45, 2.75) is 26.3 Å². The Labute approximate surface area is 168 Å². The Hall–Kier alpha value is -1.99. The van der Waals surface area contributed by atoms with Crippen molar-refractivity contribution in [2.24, 2.45) is 5.92 Å². The van der Waals surface area contributed by atoms with Crippen molar-refractivity contribution in [2.75, 3.05) is 61.1 Å². The summed E-state index contributed by atoms with van der Waals surface area (Å²) >= 11 is 0. The van der Waals surface area contributed by atoms with Gasteiger partial charge in [0.2, 0.25) is 5.75 Å². The first-order chi connectivity index (χ1) is 13.4. The minimum absolute atomic E-state index is 0.137. The molecule has 0 saturated carbocycles. The molecule has 0 radical (unpaired) electrons. The van der Waals surface area contributed by atoms with Crippen LogP contribution in [0.4, 0.5) is 0 Å². The fourth-order valence-electron chi connectivity index (χ4n) is 3.62. The van der Waals surface area contributed by atoms with Gasteiger partial charge in [-0.3, -0.25) is 9.69 Å². The molecule has 0 aliphatic carbocycles. The molecule has 1 amide bonds. The number of carbonyl (C=O) groups excluding carboxylic acids is 1. The molecule has 158 valence electrons. The zero-order chi connectivity index (χ0) is 20.7. The number of methoxy groups -OCH3 is 3. The van der Waals surface area contributed by atoms with Gasteiger partial charge in [-0.1, -0.05) is 13.8 Å². The second-order valence-corrected chi connectivity index (χ2v) is 7.75. The van der Waals surface area contributed by atoms with E-state index in [-0.39, 0.29) is 5.91 Å². The largest absolute Gasteiger partial charge is 0.493 e. The zero-order valence-corrected chi connectivity index (χ0v) is 18.1. The summed E-state index contributed by atoms with van der Waals surface area (Å²) in [7, 11) is 6.80. The number of amides is 1. The maximum atomic E-state index is 12.8. The summed E-state index contributed by atoms with van der Waals surface area (Å²) in [5.74, 6) is 1.87. The highest BCUT2D eigenvalue weighted by molar-refractivity contribution is 5.95. The summed E-state index contributed by atoms with van der Waals surface area (Å²) in [6.07, 6.45) is 1.05. The maximum absolute atomic E-state index is 12.8. The first-order valence-electron chi connectivity index (χ1n) is 9.90. The minimum Gasteiger partial charge on any atom is -0.493 e. The van der Waals surface area contributed by atoms with Crippen LogP contribution in [-0.2, 0) is 0 Å². The zero-order valence-electron chi connectivity index (χ0n) is 18.1. The third kappa shape index (κ3) is 5.75. The van der Waals surface area contributed by atoms with Gasteiger partial charge in [-0.15, -0.1) is 0 Å². The number of piperazine rings is 1. The molecule has 1 N–H and O–H groups in total. The molecule has 0 spiro atoms. The first kappa shape index (κ1) is 22.3. The molecule has 1 aromatic rings. The third-order valence-corrected chi connectivity index (χ3v) is 5.22. The van der Waals surface area contributed by atoms with E-state index in [9.17, 15) is 4.79 Å². The average Bonchev–Trinajstić information content (AvgIpc) is 2.69. The normalized spacial score (nSPS) is 16.7. The number of nitrogens with zero attached hydrogens (tertiary/aromatic N) is 2. The lowest BCUT2D eigenvalue weighted by atomic mass is 10.0. The maximum Gasteiger partial charge on any atom is 0.251 e. The monoisotopic (exact) mass is 393 g/mol. The van der Waals surface area contributed by atoms with Gasteiger partial charge >= 0.3 is 0 Å². The second kappa shape index (κ2) is 10.5. The Morgan fingerprint density at radius 2 is 1.61 bits per heavy atom. The highest BCUT2D eigenvalue weighted by Crippen LogP contribution is 2.38. The van der Waals surface area contributed by atoms with Gasteiger partial charge in [0.1, 0.15) is 0 Å².